The van der Waals surface area contributed by atoms with Crippen molar-refractivity contribution in [2.24, 2.45) is 11.7 Å². The molecule has 2 amide bonds. The predicted molar refractivity (Wildman–Crippen MR) is 162 cm³/mol. The van der Waals surface area contributed by atoms with Gasteiger partial charge >= 0.3 is 18.1 Å². The van der Waals surface area contributed by atoms with E-state index >= 15 is 0 Å². The first-order valence-electron chi connectivity index (χ1n) is 14.9. The van der Waals surface area contributed by atoms with Gasteiger partial charge in [-0.05, 0) is 49.1 Å². The Hall–Kier alpha value is -4.63. The number of carbonyl (C=O) groups excluding carboxylic acids is 5. The second-order valence-electron chi connectivity index (χ2n) is 11.3. The van der Waals surface area contributed by atoms with Crippen LogP contribution in [0.1, 0.15) is 54.1 Å². The van der Waals surface area contributed by atoms with Gasteiger partial charge in [-0.3, -0.25) is 14.9 Å². The second-order valence-corrected chi connectivity index (χ2v) is 11.3. The number of hydrogen-bond donors (Lipinski definition) is 4. The lowest BCUT2D eigenvalue weighted by Crippen LogP contribution is -2.49. The zero-order chi connectivity index (χ0) is 34.8. The maximum atomic E-state index is 13.5. The summed E-state index contributed by atoms with van der Waals surface area (Å²) in [4.78, 5) is 73.7. The normalized spacial score (nSPS) is 20.8. The van der Waals surface area contributed by atoms with Gasteiger partial charge in [0, 0.05) is 18.9 Å². The number of fused-ring (bicyclic) bond motifs is 1. The number of carboxylic acid groups (broad SMARTS) is 1. The molecular weight excluding hydrogens is 625 g/mol. The number of aryl methyl sites for hydroxylation is 1. The summed E-state index contributed by atoms with van der Waals surface area (Å²) in [5, 5.41) is 12.8. The number of alkyl halides is 3. The number of benzene rings is 2. The number of anilines is 1. The highest BCUT2D eigenvalue weighted by atomic mass is 19.4. The number of nitrogens with zero attached hydrogens (tertiary/aromatic N) is 1. The number of aliphatic carboxylic acids is 1. The summed E-state index contributed by atoms with van der Waals surface area (Å²) in [7, 11) is 0. The Bertz CT molecular complexity index is 1470. The number of halogens is 3. The van der Waals surface area contributed by atoms with Crippen molar-refractivity contribution in [3.63, 3.8) is 0 Å². The molecule has 2 aliphatic heterocycles. The number of rotatable bonds is 14. The van der Waals surface area contributed by atoms with Gasteiger partial charge in [0.1, 0.15) is 30.3 Å². The van der Waals surface area contributed by atoms with E-state index in [0.717, 1.165) is 36.8 Å². The number of amides is 2. The van der Waals surface area contributed by atoms with Crippen LogP contribution in [-0.2, 0) is 41.7 Å². The third-order valence-corrected chi connectivity index (χ3v) is 8.11. The van der Waals surface area contributed by atoms with E-state index in [1.165, 1.54) is 4.90 Å². The van der Waals surface area contributed by atoms with Gasteiger partial charge in [-0.1, -0.05) is 49.7 Å². The molecule has 0 radical (unpaired) electrons. The van der Waals surface area contributed by atoms with E-state index in [0.29, 0.717) is 30.4 Å². The molecule has 2 heterocycles. The quantitative estimate of drug-likeness (QED) is 0.101. The number of esters is 1. The maximum Gasteiger partial charge on any atom is 0.490 e. The van der Waals surface area contributed by atoms with E-state index in [4.69, 9.17) is 20.4 Å². The van der Waals surface area contributed by atoms with Crippen molar-refractivity contribution in [3.8, 4) is 0 Å². The third-order valence-electron chi connectivity index (χ3n) is 8.11. The lowest BCUT2D eigenvalue weighted by molar-refractivity contribution is -0.192. The summed E-state index contributed by atoms with van der Waals surface area (Å²) in [6, 6.07) is 14.6. The number of nitrogens with two attached hydrogens (primary N) is 1. The number of carboxylic acids is 1. The number of aldehydes is 2. The molecule has 0 saturated carbocycles. The van der Waals surface area contributed by atoms with Crippen molar-refractivity contribution in [2.75, 3.05) is 24.5 Å². The number of ether oxygens (including phenoxy) is 1. The molecule has 254 valence electrons. The molecule has 1 fully saturated rings. The fourth-order valence-corrected chi connectivity index (χ4v) is 5.57. The molecule has 3 atom stereocenters. The highest BCUT2D eigenvalue weighted by molar-refractivity contribution is 6.10. The van der Waals surface area contributed by atoms with Gasteiger partial charge in [0.05, 0.1) is 17.8 Å². The first kappa shape index (κ1) is 36.8. The van der Waals surface area contributed by atoms with Crippen LogP contribution in [0.25, 0.3) is 0 Å². The van der Waals surface area contributed by atoms with Crippen LogP contribution < -0.4 is 21.3 Å². The first-order valence-corrected chi connectivity index (χ1v) is 14.9. The summed E-state index contributed by atoms with van der Waals surface area (Å²) in [6.07, 6.45) is -0.524. The van der Waals surface area contributed by atoms with Gasteiger partial charge in [0.15, 0.2) is 0 Å². The van der Waals surface area contributed by atoms with Crippen LogP contribution in [-0.4, -0.2) is 78.3 Å². The van der Waals surface area contributed by atoms with E-state index in [1.807, 2.05) is 36.4 Å². The molecule has 1 saturated heterocycles. The number of nitrogens with one attached hydrogen (secondary N) is 2. The van der Waals surface area contributed by atoms with Crippen LogP contribution in [0.3, 0.4) is 0 Å². The molecule has 0 aromatic heterocycles. The van der Waals surface area contributed by atoms with E-state index < -0.39 is 35.1 Å². The van der Waals surface area contributed by atoms with Gasteiger partial charge in [-0.15, -0.1) is 0 Å². The molecule has 5 N–H and O–H groups in total. The van der Waals surface area contributed by atoms with Crippen LogP contribution in [0.2, 0.25) is 0 Å². The van der Waals surface area contributed by atoms with Crippen molar-refractivity contribution in [1.29, 1.82) is 0 Å². The van der Waals surface area contributed by atoms with E-state index in [1.54, 1.807) is 19.1 Å². The monoisotopic (exact) mass is 662 g/mol. The zero-order valence-electron chi connectivity index (χ0n) is 25.7. The smallest absolute Gasteiger partial charge is 0.475 e. The molecule has 15 heteroatoms. The highest BCUT2D eigenvalue weighted by Crippen LogP contribution is 2.47. The van der Waals surface area contributed by atoms with E-state index in [-0.39, 0.29) is 37.9 Å². The van der Waals surface area contributed by atoms with Crippen molar-refractivity contribution in [1.82, 2.24) is 10.6 Å². The van der Waals surface area contributed by atoms with E-state index in [9.17, 15) is 37.1 Å². The van der Waals surface area contributed by atoms with Crippen molar-refractivity contribution in [3.05, 3.63) is 65.2 Å². The lowest BCUT2D eigenvalue weighted by atomic mass is 9.81. The highest BCUT2D eigenvalue weighted by Gasteiger charge is 2.75. The third kappa shape index (κ3) is 8.60. The first-order chi connectivity index (χ1) is 22.3. The average molecular weight is 663 g/mol. The van der Waals surface area contributed by atoms with Crippen LogP contribution in [0.15, 0.2) is 48.5 Å². The standard InChI is InChI=1S/C30H36N4O6.C2HF3O2/c1-21(30(29(20-36,33-30)13-15-35)28(39)40-19-23-9-4-2-5-10-23)18-34-25-12-11-22(8-6-3-7-14-31)16-24(25)27(38)32-17-26(34)37;3-2(4,5)1(6)7/h2,4-5,9-12,15-16,20-21,33H,3,6-8,13-14,17-19,31H2,1H3,(H,32,38);(H,6,7)/t21?,29?,30-;/m0./s1. The SMILES string of the molecule is CC(CN1C(=O)CNC(=O)c2cc(CCCCCN)ccc21)[C@@]1(C(=O)OCc2ccccc2)NC1(C=O)CC=O.O=C(O)C(F)(F)F. The van der Waals surface area contributed by atoms with Gasteiger partial charge in [0.2, 0.25) is 5.91 Å². The Morgan fingerprint density at radius 2 is 1.77 bits per heavy atom. The molecular formula is C32H37F3N4O8. The Labute approximate surface area is 268 Å². The number of unbranched alkanes of at least 4 members (excludes halogenated alkanes) is 2. The minimum absolute atomic E-state index is 0.0101. The molecule has 12 nitrogen and oxygen atoms in total. The van der Waals surface area contributed by atoms with Crippen LogP contribution in [0.5, 0.6) is 0 Å². The maximum absolute atomic E-state index is 13.5. The zero-order valence-corrected chi connectivity index (χ0v) is 25.7. The molecule has 0 spiro atoms. The summed E-state index contributed by atoms with van der Waals surface area (Å²) in [6.45, 7) is 2.16. The minimum atomic E-state index is -5.08. The van der Waals surface area contributed by atoms with Gasteiger partial charge in [-0.2, -0.15) is 13.2 Å². The summed E-state index contributed by atoms with van der Waals surface area (Å²) in [5.41, 5.74) is 5.17. The molecule has 0 bridgehead atoms. The average Bonchev–Trinajstić information content (AvgIpc) is 3.75. The lowest BCUT2D eigenvalue weighted by Gasteiger charge is -2.30. The summed E-state index contributed by atoms with van der Waals surface area (Å²) >= 11 is 0. The summed E-state index contributed by atoms with van der Waals surface area (Å²) < 4.78 is 37.4. The second kappa shape index (κ2) is 15.8. The van der Waals surface area contributed by atoms with Crippen molar-refractivity contribution < 1.29 is 51.8 Å². The van der Waals surface area contributed by atoms with Gasteiger partial charge in [-0.25, -0.2) is 9.59 Å². The largest absolute Gasteiger partial charge is 0.490 e. The summed E-state index contributed by atoms with van der Waals surface area (Å²) in [5.74, 6) is -4.79. The number of hydrogen-bond acceptors (Lipinski definition) is 9. The molecule has 0 aliphatic carbocycles. The fraction of sp³-hybridized carbons (Fsp3) is 0.438. The Kier molecular flexibility index (Phi) is 12.4. The topological polar surface area (TPSA) is 195 Å². The Morgan fingerprint density at radius 1 is 1.09 bits per heavy atom. The minimum Gasteiger partial charge on any atom is -0.475 e. The molecule has 4 rings (SSSR count). The molecule has 2 aliphatic rings. The van der Waals surface area contributed by atoms with Gasteiger partial charge in [0.25, 0.3) is 5.91 Å². The fourth-order valence-electron chi connectivity index (χ4n) is 5.57. The molecule has 2 unspecified atom stereocenters. The van der Waals surface area contributed by atoms with Crippen LogP contribution >= 0.6 is 0 Å². The van der Waals surface area contributed by atoms with Gasteiger partial charge < -0.3 is 35.4 Å². The number of carbonyl (C=O) groups is 6. The Morgan fingerprint density at radius 3 is 2.36 bits per heavy atom. The van der Waals surface area contributed by atoms with Crippen molar-refractivity contribution in [2.45, 2.75) is 62.9 Å². The molecule has 2 aromatic carbocycles. The van der Waals surface area contributed by atoms with Crippen LogP contribution in [0.4, 0.5) is 18.9 Å². The van der Waals surface area contributed by atoms with E-state index in [2.05, 4.69) is 10.6 Å². The Balaban J connectivity index is 0.000000771. The van der Waals surface area contributed by atoms with Crippen molar-refractivity contribution >= 4 is 42.0 Å². The predicted octanol–water partition coefficient (Wildman–Crippen LogP) is 2.32. The molecule has 2 aromatic rings. The molecule has 47 heavy (non-hydrogen) atoms. The van der Waals surface area contributed by atoms with Crippen LogP contribution in [0, 0.1) is 5.92 Å².